The van der Waals surface area contributed by atoms with Crippen molar-refractivity contribution in [2.75, 3.05) is 19.8 Å². The molecule has 22 heavy (non-hydrogen) atoms. The number of aryl methyl sites for hydroxylation is 3. The van der Waals surface area contributed by atoms with E-state index in [0.29, 0.717) is 10.6 Å². The fraction of sp³-hybridized carbons (Fsp3) is 0.389. The molecular formula is C18H22N2OS. The van der Waals surface area contributed by atoms with Crippen LogP contribution in [-0.4, -0.2) is 24.9 Å². The second-order valence-corrected chi connectivity index (χ2v) is 7.42. The summed E-state index contributed by atoms with van der Waals surface area (Å²) >= 11 is 1.50. The van der Waals surface area contributed by atoms with Crippen molar-refractivity contribution in [3.63, 3.8) is 0 Å². The van der Waals surface area contributed by atoms with Crippen LogP contribution < -0.4 is 5.73 Å². The van der Waals surface area contributed by atoms with Gasteiger partial charge < -0.3 is 10.6 Å². The Morgan fingerprint density at radius 2 is 1.86 bits per heavy atom. The van der Waals surface area contributed by atoms with E-state index in [1.807, 2.05) is 6.92 Å². The zero-order chi connectivity index (χ0) is 15.9. The van der Waals surface area contributed by atoms with E-state index in [-0.39, 0.29) is 5.91 Å². The Morgan fingerprint density at radius 3 is 2.55 bits per heavy atom. The molecular weight excluding hydrogens is 292 g/mol. The third-order valence-corrected chi connectivity index (χ3v) is 5.30. The summed E-state index contributed by atoms with van der Waals surface area (Å²) in [7, 11) is 3.54. The number of nitrogens with zero attached hydrogens (tertiary/aromatic N) is 1. The predicted molar refractivity (Wildman–Crippen MR) is 93.6 cm³/mol. The molecule has 0 radical (unpaired) electrons. The molecule has 116 valence electrons. The number of thiophene rings is 1. The highest BCUT2D eigenvalue weighted by Gasteiger charge is 2.23. The minimum atomic E-state index is -0.0189. The molecule has 0 bridgehead atoms. The third kappa shape index (κ3) is 2.52. The van der Waals surface area contributed by atoms with Gasteiger partial charge in [0.25, 0.3) is 5.91 Å². The molecule has 0 aliphatic heterocycles. The van der Waals surface area contributed by atoms with Gasteiger partial charge in [-0.15, -0.1) is 11.3 Å². The molecule has 4 heteroatoms. The summed E-state index contributed by atoms with van der Waals surface area (Å²) in [6.07, 6.45) is 4.84. The van der Waals surface area contributed by atoms with Crippen LogP contribution in [0.4, 0.5) is 5.00 Å². The highest BCUT2D eigenvalue weighted by molar-refractivity contribution is 7.16. The Hall–Kier alpha value is -1.81. The largest absolute Gasteiger partial charge is 0.390 e. The maximum atomic E-state index is 12.5. The van der Waals surface area contributed by atoms with Gasteiger partial charge in [0.05, 0.1) is 10.6 Å². The summed E-state index contributed by atoms with van der Waals surface area (Å²) in [5.41, 5.74) is 11.8. The molecule has 0 spiro atoms. The van der Waals surface area contributed by atoms with Crippen LogP contribution in [-0.2, 0) is 12.8 Å². The van der Waals surface area contributed by atoms with E-state index in [1.165, 1.54) is 41.7 Å². The molecule has 2 N–H and O–H groups in total. The molecule has 1 aromatic carbocycles. The zero-order valence-electron chi connectivity index (χ0n) is 13.4. The average molecular weight is 314 g/mol. The van der Waals surface area contributed by atoms with Crippen LogP contribution in [0.1, 0.15) is 39.2 Å². The minimum absolute atomic E-state index is 0.0189. The fourth-order valence-corrected chi connectivity index (χ4v) is 4.18. The van der Waals surface area contributed by atoms with E-state index in [0.717, 1.165) is 22.4 Å². The topological polar surface area (TPSA) is 46.3 Å². The van der Waals surface area contributed by atoms with Crippen LogP contribution in [0, 0.1) is 6.92 Å². The van der Waals surface area contributed by atoms with Crippen molar-refractivity contribution in [1.29, 1.82) is 0 Å². The van der Waals surface area contributed by atoms with Crippen molar-refractivity contribution >= 4 is 22.2 Å². The van der Waals surface area contributed by atoms with Gasteiger partial charge in [-0.25, -0.2) is 0 Å². The molecule has 0 saturated heterocycles. The number of hydrogen-bond donors (Lipinski definition) is 1. The number of benzene rings is 1. The normalized spacial score (nSPS) is 13.8. The number of carbonyl (C=O) groups excluding carboxylic acids is 1. The molecule has 0 unspecified atom stereocenters. The van der Waals surface area contributed by atoms with Gasteiger partial charge in [0.15, 0.2) is 0 Å². The molecule has 2 aromatic rings. The summed E-state index contributed by atoms with van der Waals surface area (Å²) in [6.45, 7) is 2.04. The molecule has 1 amide bonds. The quantitative estimate of drug-likeness (QED) is 0.914. The maximum absolute atomic E-state index is 12.5. The lowest BCUT2D eigenvalue weighted by Gasteiger charge is -2.18. The van der Waals surface area contributed by atoms with E-state index < -0.39 is 0 Å². The molecule has 1 aromatic heterocycles. The van der Waals surface area contributed by atoms with Crippen LogP contribution in [0.5, 0.6) is 0 Å². The van der Waals surface area contributed by atoms with Crippen molar-refractivity contribution in [3.8, 4) is 11.1 Å². The lowest BCUT2D eigenvalue weighted by atomic mass is 9.88. The van der Waals surface area contributed by atoms with Gasteiger partial charge in [-0.2, -0.15) is 0 Å². The van der Waals surface area contributed by atoms with Crippen molar-refractivity contribution in [1.82, 2.24) is 4.90 Å². The first-order chi connectivity index (χ1) is 10.5. The number of nitrogen functional groups attached to an aromatic ring is 1. The third-order valence-electron chi connectivity index (χ3n) is 4.37. The van der Waals surface area contributed by atoms with Crippen LogP contribution >= 0.6 is 11.3 Å². The van der Waals surface area contributed by atoms with Crippen LogP contribution in [0.2, 0.25) is 0 Å². The van der Waals surface area contributed by atoms with E-state index in [9.17, 15) is 4.79 Å². The number of nitrogens with two attached hydrogens (primary N) is 1. The Morgan fingerprint density at radius 1 is 1.18 bits per heavy atom. The summed E-state index contributed by atoms with van der Waals surface area (Å²) in [4.78, 5) is 15.2. The standard InChI is InChI=1S/C18H22N2OS/c1-11-15(16(17(19)22-11)18(21)20(2)3)14-9-8-12-6-4-5-7-13(12)10-14/h8-10H,4-7,19H2,1-3H3. The lowest BCUT2D eigenvalue weighted by molar-refractivity contribution is 0.0829. The summed E-state index contributed by atoms with van der Waals surface area (Å²) < 4.78 is 0. The fourth-order valence-electron chi connectivity index (χ4n) is 3.24. The number of fused-ring (bicyclic) bond motifs is 1. The van der Waals surface area contributed by atoms with Crippen molar-refractivity contribution in [2.24, 2.45) is 0 Å². The number of carbonyl (C=O) groups is 1. The van der Waals surface area contributed by atoms with E-state index in [2.05, 4.69) is 18.2 Å². The van der Waals surface area contributed by atoms with E-state index in [4.69, 9.17) is 5.73 Å². The molecule has 0 fully saturated rings. The van der Waals surface area contributed by atoms with Crippen molar-refractivity contribution in [3.05, 3.63) is 39.8 Å². The van der Waals surface area contributed by atoms with E-state index in [1.54, 1.807) is 19.0 Å². The van der Waals surface area contributed by atoms with Gasteiger partial charge in [-0.1, -0.05) is 18.2 Å². The van der Waals surface area contributed by atoms with Gasteiger partial charge >= 0.3 is 0 Å². The highest BCUT2D eigenvalue weighted by atomic mass is 32.1. The van der Waals surface area contributed by atoms with E-state index >= 15 is 0 Å². The first-order valence-electron chi connectivity index (χ1n) is 7.71. The molecule has 1 heterocycles. The molecule has 0 atom stereocenters. The van der Waals surface area contributed by atoms with Crippen molar-refractivity contribution in [2.45, 2.75) is 32.6 Å². The molecule has 3 nitrogen and oxygen atoms in total. The average Bonchev–Trinajstić information content (AvgIpc) is 2.80. The summed E-state index contributed by atoms with van der Waals surface area (Å²) in [6, 6.07) is 6.63. The predicted octanol–water partition coefficient (Wildman–Crippen LogP) is 3.89. The number of hydrogen-bond acceptors (Lipinski definition) is 3. The summed E-state index contributed by atoms with van der Waals surface area (Å²) in [5, 5.41) is 0.615. The van der Waals surface area contributed by atoms with Crippen molar-refractivity contribution < 1.29 is 4.79 Å². The van der Waals surface area contributed by atoms with Gasteiger partial charge in [-0.05, 0) is 49.3 Å². The number of amides is 1. The first kappa shape index (κ1) is 15.1. The zero-order valence-corrected chi connectivity index (χ0v) is 14.2. The highest BCUT2D eigenvalue weighted by Crippen LogP contribution is 2.39. The SMILES string of the molecule is Cc1sc(N)c(C(=O)N(C)C)c1-c1ccc2c(c1)CCCC2. The van der Waals surface area contributed by atoms with Crippen LogP contribution in [0.15, 0.2) is 18.2 Å². The smallest absolute Gasteiger partial charge is 0.256 e. The lowest BCUT2D eigenvalue weighted by Crippen LogP contribution is -2.22. The Balaban J connectivity index is 2.14. The molecule has 1 aliphatic carbocycles. The minimum Gasteiger partial charge on any atom is -0.390 e. The summed E-state index contributed by atoms with van der Waals surface area (Å²) in [5.74, 6) is -0.0189. The molecule has 1 aliphatic rings. The second-order valence-electron chi connectivity index (χ2n) is 6.16. The monoisotopic (exact) mass is 314 g/mol. The van der Waals surface area contributed by atoms with Crippen LogP contribution in [0.3, 0.4) is 0 Å². The van der Waals surface area contributed by atoms with Crippen LogP contribution in [0.25, 0.3) is 11.1 Å². The Kier molecular flexibility index (Phi) is 3.96. The second kappa shape index (κ2) is 5.76. The maximum Gasteiger partial charge on any atom is 0.256 e. The van der Waals surface area contributed by atoms with Gasteiger partial charge in [0.2, 0.25) is 0 Å². The number of anilines is 1. The Bertz CT molecular complexity index is 731. The van der Waals surface area contributed by atoms with Gasteiger partial charge in [0, 0.05) is 24.5 Å². The molecule has 3 rings (SSSR count). The molecule has 0 saturated carbocycles. The number of rotatable bonds is 2. The van der Waals surface area contributed by atoms with Gasteiger partial charge in [0.1, 0.15) is 0 Å². The first-order valence-corrected chi connectivity index (χ1v) is 8.53. The van der Waals surface area contributed by atoms with Gasteiger partial charge in [-0.3, -0.25) is 4.79 Å². The Labute approximate surface area is 135 Å².